The Kier molecular flexibility index (Phi) is 4.76. The molecular weight excluding hydrogens is 346 g/mol. The molecule has 0 radical (unpaired) electrons. The highest BCUT2D eigenvalue weighted by Gasteiger charge is 2.37. The van der Waals surface area contributed by atoms with Crippen LogP contribution in [0.4, 0.5) is 4.79 Å². The zero-order chi connectivity index (χ0) is 17.2. The Labute approximate surface area is 137 Å². The zero-order valence-corrected chi connectivity index (χ0v) is 13.8. The molecule has 1 aromatic rings. The second-order valence-corrected chi connectivity index (χ2v) is 6.59. The molecule has 1 aromatic carbocycles. The summed E-state index contributed by atoms with van der Waals surface area (Å²) < 4.78 is 31.4. The Hall–Kier alpha value is -2.33. The van der Waals surface area contributed by atoms with Gasteiger partial charge in [-0.2, -0.15) is 4.99 Å². The number of halogens is 1. The van der Waals surface area contributed by atoms with Crippen LogP contribution in [0, 0.1) is 0 Å². The molecule has 11 heteroatoms. The number of ether oxygens (including phenoxy) is 1. The number of primary amides is 1. The summed E-state index contributed by atoms with van der Waals surface area (Å²) >= 11 is 5.97. The lowest BCUT2D eigenvalue weighted by Gasteiger charge is -2.31. The quantitative estimate of drug-likeness (QED) is 0.806. The molecule has 2 amide bonds. The number of amidine groups is 1. The van der Waals surface area contributed by atoms with E-state index in [1.807, 2.05) is 0 Å². The highest BCUT2D eigenvalue weighted by molar-refractivity contribution is 7.89. The number of aliphatic imine (C=N–C) groups is 2. The van der Waals surface area contributed by atoms with Crippen LogP contribution in [0.2, 0.25) is 5.02 Å². The van der Waals surface area contributed by atoms with Crippen molar-refractivity contribution < 1.29 is 17.9 Å². The topological polar surface area (TPSA) is 126 Å². The molecule has 3 N–H and O–H groups in total. The number of amides is 2. The fourth-order valence-electron chi connectivity index (χ4n) is 1.92. The first kappa shape index (κ1) is 17.0. The summed E-state index contributed by atoms with van der Waals surface area (Å²) in [6, 6.07) is 4.82. The van der Waals surface area contributed by atoms with Crippen molar-refractivity contribution in [2.45, 2.75) is 18.0 Å². The zero-order valence-electron chi connectivity index (χ0n) is 12.2. The predicted octanol–water partition coefficient (Wildman–Crippen LogP) is 0.717. The maximum Gasteiger partial charge on any atom is 0.318 e. The first-order valence-electron chi connectivity index (χ1n) is 6.33. The summed E-state index contributed by atoms with van der Waals surface area (Å²) in [7, 11) is -2.82. The number of carbonyl (C=O) groups excluding carboxylic acids is 1. The molecule has 0 fully saturated rings. The summed E-state index contributed by atoms with van der Waals surface area (Å²) in [4.78, 5) is 18.8. The van der Waals surface area contributed by atoms with Crippen molar-refractivity contribution in [2.24, 2.45) is 15.7 Å². The van der Waals surface area contributed by atoms with E-state index in [9.17, 15) is 13.2 Å². The second kappa shape index (κ2) is 6.42. The fourth-order valence-corrected chi connectivity index (χ4v) is 3.89. The minimum Gasteiger partial charge on any atom is -0.467 e. The van der Waals surface area contributed by atoms with Crippen molar-refractivity contribution in [1.29, 1.82) is 0 Å². The molecule has 0 saturated carbocycles. The standard InChI is InChI=1S/C12H14ClN5O4S/c1-7-15-12(22-2)17-11(16-10(14)19)18(7)23(20,21)9-6-4-3-5-8(9)13/h3-7H,1-2H3,(H3,14,15,16,17,19). The van der Waals surface area contributed by atoms with Gasteiger partial charge in [0.1, 0.15) is 11.1 Å². The van der Waals surface area contributed by atoms with Crippen molar-refractivity contribution in [3.05, 3.63) is 29.3 Å². The van der Waals surface area contributed by atoms with Gasteiger partial charge in [-0.25, -0.2) is 22.5 Å². The summed E-state index contributed by atoms with van der Waals surface area (Å²) in [5.74, 6) is -0.322. The Bertz CT molecular complexity index is 792. The number of nitrogens with two attached hydrogens (primary N) is 1. The second-order valence-electron chi connectivity index (χ2n) is 4.40. The predicted molar refractivity (Wildman–Crippen MR) is 84.5 cm³/mol. The molecule has 0 bridgehead atoms. The fraction of sp³-hybridized carbons (Fsp3) is 0.250. The van der Waals surface area contributed by atoms with Gasteiger partial charge in [-0.15, -0.1) is 0 Å². The van der Waals surface area contributed by atoms with E-state index in [0.717, 1.165) is 4.31 Å². The third-order valence-corrected chi connectivity index (χ3v) is 5.19. The van der Waals surface area contributed by atoms with Gasteiger partial charge >= 0.3 is 12.1 Å². The van der Waals surface area contributed by atoms with Crippen LogP contribution < -0.4 is 11.1 Å². The van der Waals surface area contributed by atoms with Crippen LogP contribution in [0.1, 0.15) is 6.92 Å². The number of nitrogens with one attached hydrogen (secondary N) is 1. The molecule has 124 valence electrons. The summed E-state index contributed by atoms with van der Waals surface area (Å²) in [6.07, 6.45) is -0.925. The van der Waals surface area contributed by atoms with Crippen molar-refractivity contribution in [1.82, 2.24) is 9.62 Å². The first-order chi connectivity index (χ1) is 10.8. The number of nitrogens with zero attached hydrogens (tertiary/aromatic N) is 3. The summed E-state index contributed by atoms with van der Waals surface area (Å²) in [6.45, 7) is 1.49. The monoisotopic (exact) mass is 359 g/mol. The Morgan fingerprint density at radius 2 is 2.09 bits per heavy atom. The molecule has 9 nitrogen and oxygen atoms in total. The smallest absolute Gasteiger partial charge is 0.318 e. The van der Waals surface area contributed by atoms with Crippen molar-refractivity contribution in [3.8, 4) is 0 Å². The van der Waals surface area contributed by atoms with Crippen molar-refractivity contribution >= 4 is 39.6 Å². The molecule has 0 aliphatic carbocycles. The highest BCUT2D eigenvalue weighted by Crippen LogP contribution is 2.27. The number of hydrogen-bond donors (Lipinski definition) is 2. The average molecular weight is 360 g/mol. The number of methoxy groups -OCH3 is 1. The van der Waals surface area contributed by atoms with E-state index in [2.05, 4.69) is 15.3 Å². The van der Waals surface area contributed by atoms with Gasteiger partial charge in [0.2, 0.25) is 5.96 Å². The lowest BCUT2D eigenvalue weighted by molar-refractivity contribution is 0.252. The lowest BCUT2D eigenvalue weighted by atomic mass is 10.4. The molecule has 1 aliphatic rings. The van der Waals surface area contributed by atoms with E-state index in [1.165, 1.54) is 32.2 Å². The Morgan fingerprint density at radius 1 is 1.43 bits per heavy atom. The van der Waals surface area contributed by atoms with E-state index in [0.29, 0.717) is 0 Å². The van der Waals surface area contributed by atoms with Gasteiger partial charge in [-0.05, 0) is 19.1 Å². The highest BCUT2D eigenvalue weighted by atomic mass is 35.5. The van der Waals surface area contributed by atoms with Crippen LogP contribution >= 0.6 is 11.6 Å². The van der Waals surface area contributed by atoms with Crippen LogP contribution in [-0.4, -0.2) is 44.0 Å². The van der Waals surface area contributed by atoms with E-state index in [4.69, 9.17) is 22.1 Å². The molecule has 1 aliphatic heterocycles. The average Bonchev–Trinajstić information content (AvgIpc) is 2.45. The molecule has 2 rings (SSSR count). The van der Waals surface area contributed by atoms with E-state index in [1.54, 1.807) is 6.07 Å². The SMILES string of the molecule is COC1=NC(C)N(S(=O)(=O)c2ccccc2Cl)C(NC(N)=O)=N1. The van der Waals surface area contributed by atoms with Gasteiger partial charge in [0.25, 0.3) is 10.0 Å². The van der Waals surface area contributed by atoms with Crippen LogP contribution in [0.15, 0.2) is 39.1 Å². The molecule has 0 saturated heterocycles. The third kappa shape index (κ3) is 3.37. The van der Waals surface area contributed by atoms with Gasteiger partial charge in [-0.1, -0.05) is 23.7 Å². The molecule has 1 unspecified atom stereocenters. The molecule has 0 aromatic heterocycles. The van der Waals surface area contributed by atoms with Crippen molar-refractivity contribution in [3.63, 3.8) is 0 Å². The van der Waals surface area contributed by atoms with Crippen LogP contribution in [-0.2, 0) is 14.8 Å². The Balaban J connectivity index is 2.55. The van der Waals surface area contributed by atoms with E-state index < -0.39 is 22.2 Å². The number of urea groups is 1. The van der Waals surface area contributed by atoms with Crippen molar-refractivity contribution in [2.75, 3.05) is 7.11 Å². The summed E-state index contributed by atoms with van der Waals surface area (Å²) in [5, 5.41) is 2.18. The van der Waals surface area contributed by atoms with Crippen LogP contribution in [0.25, 0.3) is 0 Å². The lowest BCUT2D eigenvalue weighted by Crippen LogP contribution is -2.54. The minimum absolute atomic E-state index is 0.0274. The number of rotatable bonds is 2. The number of benzene rings is 1. The van der Waals surface area contributed by atoms with E-state index in [-0.39, 0.29) is 21.9 Å². The number of sulfonamides is 1. The maximum atomic E-state index is 12.9. The third-order valence-electron chi connectivity index (χ3n) is 2.84. The van der Waals surface area contributed by atoms with Gasteiger partial charge < -0.3 is 10.5 Å². The normalized spacial score (nSPS) is 18.0. The molecule has 1 heterocycles. The minimum atomic E-state index is -4.13. The van der Waals surface area contributed by atoms with Gasteiger partial charge in [0.15, 0.2) is 0 Å². The van der Waals surface area contributed by atoms with Crippen LogP contribution in [0.5, 0.6) is 0 Å². The van der Waals surface area contributed by atoms with Gasteiger partial charge in [0.05, 0.1) is 12.1 Å². The maximum absolute atomic E-state index is 12.9. The van der Waals surface area contributed by atoms with Gasteiger partial charge in [-0.3, -0.25) is 5.32 Å². The van der Waals surface area contributed by atoms with Gasteiger partial charge in [0, 0.05) is 0 Å². The summed E-state index contributed by atoms with van der Waals surface area (Å²) in [5.41, 5.74) is 5.07. The largest absolute Gasteiger partial charge is 0.467 e. The number of guanidine groups is 1. The molecule has 1 atom stereocenters. The number of carbonyl (C=O) groups is 1. The Morgan fingerprint density at radius 3 is 2.65 bits per heavy atom. The van der Waals surface area contributed by atoms with Crippen LogP contribution in [0.3, 0.4) is 0 Å². The number of hydrogen-bond acceptors (Lipinski definition) is 6. The first-order valence-corrected chi connectivity index (χ1v) is 8.15. The molecule has 0 spiro atoms. The van der Waals surface area contributed by atoms with E-state index >= 15 is 0 Å². The molecular formula is C12H14ClN5O4S. The molecule has 23 heavy (non-hydrogen) atoms.